The lowest BCUT2D eigenvalue weighted by atomic mass is 9.94. The van der Waals surface area contributed by atoms with E-state index in [1.807, 2.05) is 41.3 Å². The molecule has 5 heteroatoms. The first-order valence-electron chi connectivity index (χ1n) is 8.16. The van der Waals surface area contributed by atoms with Crippen molar-refractivity contribution >= 4 is 16.9 Å². The van der Waals surface area contributed by atoms with Crippen LogP contribution in [0, 0.1) is 5.92 Å². The van der Waals surface area contributed by atoms with Crippen LogP contribution in [0.2, 0.25) is 0 Å². The number of amides is 1. The zero-order chi connectivity index (χ0) is 15.6. The van der Waals surface area contributed by atoms with Crippen LogP contribution in [0.5, 0.6) is 0 Å². The van der Waals surface area contributed by atoms with Crippen molar-refractivity contribution in [2.45, 2.75) is 19.3 Å². The van der Waals surface area contributed by atoms with Crippen molar-refractivity contribution in [1.29, 1.82) is 0 Å². The van der Waals surface area contributed by atoms with Gasteiger partial charge in [-0.3, -0.25) is 4.79 Å². The second kappa shape index (κ2) is 5.91. The van der Waals surface area contributed by atoms with Gasteiger partial charge in [0.1, 0.15) is 11.5 Å². The summed E-state index contributed by atoms with van der Waals surface area (Å²) in [7, 11) is 0. The third-order valence-corrected chi connectivity index (χ3v) is 4.56. The highest BCUT2D eigenvalue weighted by Crippen LogP contribution is 2.22. The number of hydrogen-bond acceptors (Lipinski definition) is 2. The number of nitrogens with zero attached hydrogens (tertiary/aromatic N) is 2. The predicted octanol–water partition coefficient (Wildman–Crippen LogP) is 2.99. The summed E-state index contributed by atoms with van der Waals surface area (Å²) in [5.41, 5.74) is 2.77. The first-order chi connectivity index (χ1) is 11.3. The number of aromatic amines is 2. The Morgan fingerprint density at radius 3 is 3.00 bits per heavy atom. The fourth-order valence-corrected chi connectivity index (χ4v) is 3.43. The third-order valence-electron chi connectivity index (χ3n) is 4.56. The summed E-state index contributed by atoms with van der Waals surface area (Å²) in [6.45, 7) is 1.64. The van der Waals surface area contributed by atoms with Crippen LogP contribution in [0.1, 0.15) is 29.2 Å². The zero-order valence-electron chi connectivity index (χ0n) is 13.0. The number of hydrogen-bond donors (Lipinski definition) is 2. The Labute approximate surface area is 134 Å². The van der Waals surface area contributed by atoms with Crippen LogP contribution in [0.25, 0.3) is 11.0 Å². The normalized spacial score (nSPS) is 18.4. The maximum Gasteiger partial charge on any atom is 0.270 e. The zero-order valence-corrected chi connectivity index (χ0v) is 13.0. The molecule has 0 aliphatic carbocycles. The highest BCUT2D eigenvalue weighted by molar-refractivity contribution is 5.92. The molecule has 2 aromatic heterocycles. The van der Waals surface area contributed by atoms with Gasteiger partial charge in [0.2, 0.25) is 0 Å². The van der Waals surface area contributed by atoms with Gasteiger partial charge in [0.25, 0.3) is 5.91 Å². The molecule has 1 aliphatic heterocycles. The molecule has 1 aromatic carbocycles. The largest absolute Gasteiger partial charge is 0.357 e. The fraction of sp³-hybridized carbons (Fsp3) is 0.333. The minimum absolute atomic E-state index is 0.101. The number of likely N-dealkylation sites (tertiary alicyclic amines) is 1. The monoisotopic (exact) mass is 308 g/mol. The van der Waals surface area contributed by atoms with Gasteiger partial charge in [-0.1, -0.05) is 12.1 Å². The van der Waals surface area contributed by atoms with Crippen LogP contribution in [-0.4, -0.2) is 38.8 Å². The highest BCUT2D eigenvalue weighted by atomic mass is 16.2. The van der Waals surface area contributed by atoms with E-state index in [0.717, 1.165) is 49.2 Å². The molecule has 1 amide bonds. The minimum atomic E-state index is 0.101. The Hall–Kier alpha value is -2.56. The molecule has 1 unspecified atom stereocenters. The topological polar surface area (TPSA) is 64.8 Å². The number of piperidine rings is 1. The molecule has 1 aliphatic rings. The van der Waals surface area contributed by atoms with Gasteiger partial charge in [-0.05, 0) is 43.0 Å². The fourth-order valence-electron chi connectivity index (χ4n) is 3.43. The first-order valence-corrected chi connectivity index (χ1v) is 8.16. The van der Waals surface area contributed by atoms with Gasteiger partial charge < -0.3 is 14.9 Å². The molecule has 0 bridgehead atoms. The lowest BCUT2D eigenvalue weighted by Crippen LogP contribution is -2.40. The molecular weight excluding hydrogens is 288 g/mol. The maximum absolute atomic E-state index is 12.5. The van der Waals surface area contributed by atoms with Crippen LogP contribution in [0.15, 0.2) is 42.6 Å². The number of aromatic nitrogens is 3. The van der Waals surface area contributed by atoms with Crippen LogP contribution in [0.3, 0.4) is 0 Å². The molecule has 2 N–H and O–H groups in total. The lowest BCUT2D eigenvalue weighted by Gasteiger charge is -2.32. The van der Waals surface area contributed by atoms with E-state index in [4.69, 9.17) is 0 Å². The standard InChI is InChI=1S/C18H20N4O/c23-18(16-8-3-9-19-16)22-10-4-5-13(12-22)11-17-20-14-6-1-2-7-15(14)21-17/h1-3,6-9,13,19H,4-5,10-12H2,(H,20,21). The third kappa shape index (κ3) is 2.86. The Morgan fingerprint density at radius 2 is 2.17 bits per heavy atom. The maximum atomic E-state index is 12.5. The van der Waals surface area contributed by atoms with Crippen LogP contribution in [-0.2, 0) is 6.42 Å². The van der Waals surface area contributed by atoms with Crippen LogP contribution >= 0.6 is 0 Å². The van der Waals surface area contributed by atoms with Crippen molar-refractivity contribution in [2.24, 2.45) is 5.92 Å². The summed E-state index contributed by atoms with van der Waals surface area (Å²) < 4.78 is 0. The second-order valence-electron chi connectivity index (χ2n) is 6.25. The molecule has 1 fully saturated rings. The molecule has 1 saturated heterocycles. The van der Waals surface area contributed by atoms with Crippen molar-refractivity contribution in [2.75, 3.05) is 13.1 Å². The van der Waals surface area contributed by atoms with E-state index in [0.29, 0.717) is 11.6 Å². The van der Waals surface area contributed by atoms with Gasteiger partial charge in [-0.2, -0.15) is 0 Å². The molecule has 5 nitrogen and oxygen atoms in total. The summed E-state index contributed by atoms with van der Waals surface area (Å²) in [6, 6.07) is 11.8. The van der Waals surface area contributed by atoms with Gasteiger partial charge in [-0.25, -0.2) is 4.98 Å². The molecular formula is C18H20N4O. The van der Waals surface area contributed by atoms with E-state index in [1.54, 1.807) is 6.20 Å². The van der Waals surface area contributed by atoms with Crippen molar-refractivity contribution in [1.82, 2.24) is 19.9 Å². The van der Waals surface area contributed by atoms with E-state index >= 15 is 0 Å². The predicted molar refractivity (Wildman–Crippen MR) is 89.2 cm³/mol. The van der Waals surface area contributed by atoms with E-state index in [1.165, 1.54) is 0 Å². The SMILES string of the molecule is O=C(c1ccc[nH]1)N1CCCC(Cc2nc3ccccc3[nH]2)C1. The molecule has 118 valence electrons. The second-order valence-corrected chi connectivity index (χ2v) is 6.25. The van der Waals surface area contributed by atoms with Crippen molar-refractivity contribution in [3.8, 4) is 0 Å². The number of carbonyl (C=O) groups excluding carboxylic acids is 1. The number of benzene rings is 1. The highest BCUT2D eigenvalue weighted by Gasteiger charge is 2.25. The minimum Gasteiger partial charge on any atom is -0.357 e. The average Bonchev–Trinajstić information content (AvgIpc) is 3.23. The van der Waals surface area contributed by atoms with Crippen molar-refractivity contribution in [3.63, 3.8) is 0 Å². The quantitative estimate of drug-likeness (QED) is 0.781. The van der Waals surface area contributed by atoms with Crippen LogP contribution in [0.4, 0.5) is 0 Å². The molecule has 4 rings (SSSR count). The van der Waals surface area contributed by atoms with Crippen molar-refractivity contribution < 1.29 is 4.79 Å². The summed E-state index contributed by atoms with van der Waals surface area (Å²) in [6.07, 6.45) is 4.88. The average molecular weight is 308 g/mol. The molecule has 1 atom stereocenters. The van der Waals surface area contributed by atoms with Gasteiger partial charge in [0.05, 0.1) is 11.0 Å². The molecule has 3 heterocycles. The smallest absolute Gasteiger partial charge is 0.270 e. The summed E-state index contributed by atoms with van der Waals surface area (Å²) in [5, 5.41) is 0. The number of carbonyl (C=O) groups is 1. The number of rotatable bonds is 3. The Balaban J connectivity index is 1.46. The first kappa shape index (κ1) is 14.1. The van der Waals surface area contributed by atoms with E-state index in [-0.39, 0.29) is 5.91 Å². The summed E-state index contributed by atoms with van der Waals surface area (Å²) in [5.74, 6) is 1.58. The Kier molecular flexibility index (Phi) is 3.61. The van der Waals surface area contributed by atoms with E-state index in [9.17, 15) is 4.79 Å². The van der Waals surface area contributed by atoms with Gasteiger partial charge >= 0.3 is 0 Å². The summed E-state index contributed by atoms with van der Waals surface area (Å²) in [4.78, 5) is 25.5. The summed E-state index contributed by atoms with van der Waals surface area (Å²) >= 11 is 0. The number of nitrogens with one attached hydrogen (secondary N) is 2. The van der Waals surface area contributed by atoms with Crippen molar-refractivity contribution in [3.05, 3.63) is 54.1 Å². The number of para-hydroxylation sites is 2. The van der Waals surface area contributed by atoms with Crippen LogP contribution < -0.4 is 0 Å². The van der Waals surface area contributed by atoms with E-state index in [2.05, 4.69) is 15.0 Å². The van der Waals surface area contributed by atoms with Gasteiger partial charge in [0.15, 0.2) is 0 Å². The molecule has 0 saturated carbocycles. The lowest BCUT2D eigenvalue weighted by molar-refractivity contribution is 0.0667. The number of imidazole rings is 1. The van der Waals surface area contributed by atoms with E-state index < -0.39 is 0 Å². The number of fused-ring (bicyclic) bond motifs is 1. The molecule has 0 spiro atoms. The molecule has 3 aromatic rings. The Bertz CT molecular complexity index is 772. The molecule has 0 radical (unpaired) electrons. The number of H-pyrrole nitrogens is 2. The van der Waals surface area contributed by atoms with Gasteiger partial charge in [-0.15, -0.1) is 0 Å². The van der Waals surface area contributed by atoms with Gasteiger partial charge in [0, 0.05) is 25.7 Å². The Morgan fingerprint density at radius 1 is 1.26 bits per heavy atom. The molecule has 23 heavy (non-hydrogen) atoms.